The molecule has 4 aromatic rings. The van der Waals surface area contributed by atoms with Crippen LogP contribution in [0.4, 0.5) is 0 Å². The lowest BCUT2D eigenvalue weighted by atomic mass is 9.69. The summed E-state index contributed by atoms with van der Waals surface area (Å²) in [6.45, 7) is 4.62. The fourth-order valence-corrected chi connectivity index (χ4v) is 7.20. The van der Waals surface area contributed by atoms with Crippen LogP contribution in [0.3, 0.4) is 0 Å². The van der Waals surface area contributed by atoms with Gasteiger partial charge in [0.05, 0.1) is 5.41 Å². The summed E-state index contributed by atoms with van der Waals surface area (Å²) in [7, 11) is 0. The molecule has 0 heteroatoms. The van der Waals surface area contributed by atoms with E-state index in [4.69, 9.17) is 0 Å². The Morgan fingerprint density at radius 2 is 1.37 bits per heavy atom. The summed E-state index contributed by atoms with van der Waals surface area (Å²) in [6.07, 6.45) is 9.35. The van der Waals surface area contributed by atoms with Crippen molar-refractivity contribution in [1.29, 1.82) is 0 Å². The van der Waals surface area contributed by atoms with Gasteiger partial charge in [-0.2, -0.15) is 0 Å². The summed E-state index contributed by atoms with van der Waals surface area (Å²) in [5, 5.41) is 0. The molecule has 0 saturated carbocycles. The molecular formula is C35H30. The van der Waals surface area contributed by atoms with Crippen molar-refractivity contribution in [2.24, 2.45) is 0 Å². The highest BCUT2D eigenvalue weighted by Crippen LogP contribution is 2.64. The van der Waals surface area contributed by atoms with Crippen molar-refractivity contribution in [3.63, 3.8) is 0 Å². The molecule has 170 valence electrons. The van der Waals surface area contributed by atoms with E-state index in [0.29, 0.717) is 0 Å². The second-order valence-electron chi connectivity index (χ2n) is 10.2. The van der Waals surface area contributed by atoms with Crippen LogP contribution < -0.4 is 0 Å². The van der Waals surface area contributed by atoms with Gasteiger partial charge in [0.25, 0.3) is 0 Å². The first kappa shape index (κ1) is 20.7. The molecule has 1 spiro atoms. The summed E-state index contributed by atoms with van der Waals surface area (Å²) >= 11 is 0. The van der Waals surface area contributed by atoms with Crippen LogP contribution in [-0.2, 0) is 11.8 Å². The van der Waals surface area contributed by atoms with E-state index in [1.54, 1.807) is 5.57 Å². The summed E-state index contributed by atoms with van der Waals surface area (Å²) in [5.41, 5.74) is 17.1. The summed E-state index contributed by atoms with van der Waals surface area (Å²) < 4.78 is 0. The molecule has 0 heterocycles. The normalized spacial score (nSPS) is 19.0. The van der Waals surface area contributed by atoms with Crippen LogP contribution in [0.25, 0.3) is 27.8 Å². The molecule has 3 aliphatic rings. The average molecular weight is 451 g/mol. The molecule has 7 rings (SSSR count). The van der Waals surface area contributed by atoms with Gasteiger partial charge < -0.3 is 0 Å². The lowest BCUT2D eigenvalue weighted by Crippen LogP contribution is -2.27. The first-order chi connectivity index (χ1) is 17.3. The van der Waals surface area contributed by atoms with Crippen molar-refractivity contribution in [3.05, 3.63) is 136 Å². The van der Waals surface area contributed by atoms with Gasteiger partial charge in [-0.3, -0.25) is 0 Å². The van der Waals surface area contributed by atoms with E-state index in [-0.39, 0.29) is 5.41 Å². The zero-order chi connectivity index (χ0) is 23.6. The Morgan fingerprint density at radius 3 is 2.17 bits per heavy atom. The Balaban J connectivity index is 1.57. The molecule has 0 bridgehead atoms. The predicted octanol–water partition coefficient (Wildman–Crippen LogP) is 9.05. The zero-order valence-electron chi connectivity index (χ0n) is 20.6. The van der Waals surface area contributed by atoms with Gasteiger partial charge in [0.2, 0.25) is 0 Å². The number of rotatable bonds is 3. The Morgan fingerprint density at radius 1 is 0.686 bits per heavy atom. The van der Waals surface area contributed by atoms with Crippen molar-refractivity contribution in [1.82, 2.24) is 0 Å². The lowest BCUT2D eigenvalue weighted by molar-refractivity contribution is 0.780. The minimum absolute atomic E-state index is 0.207. The zero-order valence-corrected chi connectivity index (χ0v) is 20.6. The molecule has 1 unspecified atom stereocenters. The molecule has 0 aliphatic heterocycles. The van der Waals surface area contributed by atoms with E-state index in [1.807, 2.05) is 0 Å². The summed E-state index contributed by atoms with van der Waals surface area (Å²) in [5.74, 6) is 0. The molecule has 4 aromatic carbocycles. The maximum atomic E-state index is 2.45. The van der Waals surface area contributed by atoms with Crippen molar-refractivity contribution in [2.75, 3.05) is 0 Å². The van der Waals surface area contributed by atoms with Gasteiger partial charge in [0.15, 0.2) is 0 Å². The van der Waals surface area contributed by atoms with Crippen molar-refractivity contribution in [2.45, 2.75) is 44.9 Å². The smallest absolute Gasteiger partial charge is 0.0722 e. The van der Waals surface area contributed by atoms with E-state index in [1.165, 1.54) is 61.2 Å². The number of benzene rings is 4. The van der Waals surface area contributed by atoms with Crippen LogP contribution in [0.1, 0.15) is 59.6 Å². The number of hydrogen-bond donors (Lipinski definition) is 0. The van der Waals surface area contributed by atoms with Gasteiger partial charge in [-0.05, 0) is 93.0 Å². The molecule has 0 nitrogen and oxygen atoms in total. The molecule has 0 N–H and O–H groups in total. The highest BCUT2D eigenvalue weighted by Gasteiger charge is 2.52. The van der Waals surface area contributed by atoms with Crippen LogP contribution in [0.15, 0.2) is 103 Å². The fourth-order valence-electron chi connectivity index (χ4n) is 7.20. The van der Waals surface area contributed by atoms with Crippen LogP contribution >= 0.6 is 0 Å². The van der Waals surface area contributed by atoms with Gasteiger partial charge in [-0.25, -0.2) is 0 Å². The predicted molar refractivity (Wildman–Crippen MR) is 148 cm³/mol. The van der Waals surface area contributed by atoms with Gasteiger partial charge in [0, 0.05) is 0 Å². The Kier molecular flexibility index (Phi) is 4.55. The second-order valence-corrected chi connectivity index (χ2v) is 10.2. The largest absolute Gasteiger partial charge is 0.0839 e. The Bertz CT molecular complexity index is 1560. The van der Waals surface area contributed by atoms with Gasteiger partial charge in [-0.15, -0.1) is 0 Å². The molecule has 0 amide bonds. The van der Waals surface area contributed by atoms with Gasteiger partial charge >= 0.3 is 0 Å². The van der Waals surface area contributed by atoms with Crippen LogP contribution in [0.5, 0.6) is 0 Å². The quantitative estimate of drug-likeness (QED) is 0.292. The third-order valence-electron chi connectivity index (χ3n) is 8.53. The summed E-state index contributed by atoms with van der Waals surface area (Å²) in [4.78, 5) is 0. The Hall–Kier alpha value is -3.64. The van der Waals surface area contributed by atoms with Crippen LogP contribution in [0.2, 0.25) is 0 Å². The first-order valence-corrected chi connectivity index (χ1v) is 13.1. The average Bonchev–Trinajstić information content (AvgIpc) is 3.38. The van der Waals surface area contributed by atoms with E-state index in [0.717, 1.165) is 25.7 Å². The van der Waals surface area contributed by atoms with Gasteiger partial charge in [0.1, 0.15) is 0 Å². The SMILES string of the molecule is CCCc1ccccc1-c1ccc2c(c1C)-c1ccccc1C21C2=C(CCC=C2)c2ccccc21. The minimum Gasteiger partial charge on any atom is -0.0839 e. The van der Waals surface area contributed by atoms with Crippen molar-refractivity contribution in [3.8, 4) is 22.3 Å². The minimum atomic E-state index is -0.207. The maximum Gasteiger partial charge on any atom is 0.0722 e. The van der Waals surface area contributed by atoms with E-state index >= 15 is 0 Å². The molecule has 0 aromatic heterocycles. The number of fused-ring (bicyclic) bond motifs is 9. The van der Waals surface area contributed by atoms with E-state index in [2.05, 4.69) is 111 Å². The molecule has 0 saturated heterocycles. The number of hydrogen-bond acceptors (Lipinski definition) is 0. The third-order valence-corrected chi connectivity index (χ3v) is 8.53. The monoisotopic (exact) mass is 450 g/mol. The van der Waals surface area contributed by atoms with E-state index < -0.39 is 0 Å². The molecule has 0 fully saturated rings. The van der Waals surface area contributed by atoms with Crippen LogP contribution in [-0.4, -0.2) is 0 Å². The molecular weight excluding hydrogens is 420 g/mol. The van der Waals surface area contributed by atoms with E-state index in [9.17, 15) is 0 Å². The lowest BCUT2D eigenvalue weighted by Gasteiger charge is -2.32. The van der Waals surface area contributed by atoms with Gasteiger partial charge in [-0.1, -0.05) is 110 Å². The number of aryl methyl sites for hydroxylation is 1. The molecule has 3 aliphatic carbocycles. The first-order valence-electron chi connectivity index (χ1n) is 13.1. The standard InChI is InChI=1S/C35H30/c1-3-12-24-13-4-5-14-26(24)25-21-22-33-34(23(25)2)29-17-8-11-20-32(29)35(33)30-18-9-6-15-27(30)28-16-7-10-19-31(28)35/h4-6,8-11,13-15,17-22H,3,7,12,16H2,1-2H3. The van der Waals surface area contributed by atoms with Crippen molar-refractivity contribution >= 4 is 5.57 Å². The maximum absolute atomic E-state index is 2.45. The topological polar surface area (TPSA) is 0 Å². The number of allylic oxidation sites excluding steroid dienone is 4. The second kappa shape index (κ2) is 7.68. The Labute approximate surface area is 208 Å². The highest BCUT2D eigenvalue weighted by atomic mass is 14.5. The molecule has 1 atom stereocenters. The van der Waals surface area contributed by atoms with Crippen molar-refractivity contribution < 1.29 is 0 Å². The third kappa shape index (κ3) is 2.63. The molecule has 35 heavy (non-hydrogen) atoms. The van der Waals surface area contributed by atoms with Crippen LogP contribution in [0, 0.1) is 6.92 Å². The molecule has 0 radical (unpaired) electrons. The highest BCUT2D eigenvalue weighted by molar-refractivity contribution is 5.98. The summed E-state index contributed by atoms with van der Waals surface area (Å²) in [6, 6.07) is 32.2. The fraction of sp³-hybridized carbons (Fsp3) is 0.200.